The minimum absolute atomic E-state index is 0.0488. The molecule has 0 unspecified atom stereocenters. The number of halogens is 2. The number of nitrogens with zero attached hydrogens (tertiary/aromatic N) is 1. The molecule has 20 heavy (non-hydrogen) atoms. The summed E-state index contributed by atoms with van der Waals surface area (Å²) in [6.45, 7) is 0. The lowest BCUT2D eigenvalue weighted by atomic mass is 10.3. The van der Waals surface area contributed by atoms with Gasteiger partial charge in [0.25, 0.3) is 0 Å². The zero-order chi connectivity index (χ0) is 14.6. The molecule has 1 aromatic carbocycles. The van der Waals surface area contributed by atoms with E-state index in [2.05, 4.69) is 25.6 Å². The Balaban J connectivity index is 2.06. The third-order valence-electron chi connectivity index (χ3n) is 2.55. The summed E-state index contributed by atoms with van der Waals surface area (Å²) in [5.41, 5.74) is 1.10. The molecule has 0 amide bonds. The quantitative estimate of drug-likeness (QED) is 0.870. The molecule has 2 rings (SSSR count). The number of nitrogens with one attached hydrogen (secondary N) is 1. The van der Waals surface area contributed by atoms with E-state index in [0.717, 1.165) is 10.2 Å². The monoisotopic (exact) mass is 374 g/mol. The lowest BCUT2D eigenvalue weighted by Crippen LogP contribution is -2.18. The lowest BCUT2D eigenvalue weighted by molar-refractivity contribution is 0.600. The molecule has 106 valence electrons. The van der Waals surface area contributed by atoms with E-state index in [1.54, 1.807) is 36.5 Å². The van der Waals surface area contributed by atoms with Gasteiger partial charge < -0.3 is 0 Å². The first-order valence-electron chi connectivity index (χ1n) is 5.82. The molecule has 0 saturated carbocycles. The van der Waals surface area contributed by atoms with E-state index >= 15 is 0 Å². The van der Waals surface area contributed by atoms with Gasteiger partial charge in [0.15, 0.2) is 0 Å². The van der Waals surface area contributed by atoms with Gasteiger partial charge in [0.05, 0.1) is 16.5 Å². The minimum atomic E-state index is -3.47. The first-order valence-corrected chi connectivity index (χ1v) is 8.64. The van der Waals surface area contributed by atoms with Gasteiger partial charge in [-0.2, -0.15) is 0 Å². The van der Waals surface area contributed by atoms with Crippen LogP contribution in [0.2, 0.25) is 5.02 Å². The van der Waals surface area contributed by atoms with Crippen LogP contribution in [0.4, 0.5) is 5.69 Å². The molecule has 0 spiro atoms. The number of hydrogen-bond donors (Lipinski definition) is 1. The van der Waals surface area contributed by atoms with Crippen LogP contribution >= 0.6 is 27.5 Å². The predicted octanol–water partition coefficient (Wildman–Crippen LogP) is 3.48. The van der Waals surface area contributed by atoms with Gasteiger partial charge in [-0.15, -0.1) is 0 Å². The molecular formula is C13H12BrClN2O2S. The van der Waals surface area contributed by atoms with Crippen molar-refractivity contribution in [2.24, 2.45) is 0 Å². The molecule has 1 heterocycles. The van der Waals surface area contributed by atoms with Crippen molar-refractivity contribution in [1.29, 1.82) is 0 Å². The minimum Gasteiger partial charge on any atom is -0.282 e. The first-order chi connectivity index (χ1) is 9.46. The van der Waals surface area contributed by atoms with Crippen molar-refractivity contribution in [1.82, 2.24) is 4.98 Å². The number of aromatic nitrogens is 1. The second kappa shape index (κ2) is 6.56. The standard InChI is InChI=1S/C13H12BrClN2O2S/c14-10-4-5-12(15)13(9-10)17-20(18,19)8-6-11-3-1-2-7-16-11/h1-5,7,9,17H,6,8H2. The molecule has 1 N–H and O–H groups in total. The molecule has 0 aliphatic rings. The Labute approximate surface area is 131 Å². The van der Waals surface area contributed by atoms with Crippen molar-refractivity contribution >= 4 is 43.2 Å². The van der Waals surface area contributed by atoms with Gasteiger partial charge in [0, 0.05) is 22.8 Å². The van der Waals surface area contributed by atoms with Crippen LogP contribution in [0.25, 0.3) is 0 Å². The summed E-state index contributed by atoms with van der Waals surface area (Å²) in [7, 11) is -3.47. The average molecular weight is 376 g/mol. The van der Waals surface area contributed by atoms with Crippen LogP contribution in [0.5, 0.6) is 0 Å². The van der Waals surface area contributed by atoms with Crippen LogP contribution in [0, 0.1) is 0 Å². The van der Waals surface area contributed by atoms with Crippen molar-refractivity contribution in [2.75, 3.05) is 10.5 Å². The molecule has 0 bridgehead atoms. The Hall–Kier alpha value is -1.11. The summed E-state index contributed by atoms with van der Waals surface area (Å²) < 4.78 is 27.3. The smallest absolute Gasteiger partial charge is 0.233 e. The second-order valence-corrected chi connectivity index (χ2v) is 7.28. The molecule has 0 radical (unpaired) electrons. The average Bonchev–Trinajstić information content (AvgIpc) is 2.42. The third kappa shape index (κ3) is 4.47. The maximum absolute atomic E-state index is 12.0. The number of anilines is 1. The van der Waals surface area contributed by atoms with E-state index < -0.39 is 10.0 Å². The lowest BCUT2D eigenvalue weighted by Gasteiger charge is -2.09. The van der Waals surface area contributed by atoms with Gasteiger partial charge in [-0.1, -0.05) is 33.6 Å². The van der Waals surface area contributed by atoms with Crippen LogP contribution in [-0.2, 0) is 16.4 Å². The van der Waals surface area contributed by atoms with E-state index in [1.165, 1.54) is 0 Å². The fourth-order valence-electron chi connectivity index (χ4n) is 1.58. The number of hydrogen-bond acceptors (Lipinski definition) is 3. The maximum atomic E-state index is 12.0. The fourth-order valence-corrected chi connectivity index (χ4v) is 3.24. The number of sulfonamides is 1. The molecule has 0 atom stereocenters. The van der Waals surface area contributed by atoms with Gasteiger partial charge >= 0.3 is 0 Å². The fraction of sp³-hybridized carbons (Fsp3) is 0.154. The van der Waals surface area contributed by atoms with Crippen molar-refractivity contribution < 1.29 is 8.42 Å². The Morgan fingerprint density at radius 2 is 2.05 bits per heavy atom. The summed E-state index contributed by atoms with van der Waals surface area (Å²) in [5.74, 6) is -0.0488. The highest BCUT2D eigenvalue weighted by molar-refractivity contribution is 9.10. The van der Waals surface area contributed by atoms with Gasteiger partial charge in [-0.25, -0.2) is 8.42 Å². The molecule has 4 nitrogen and oxygen atoms in total. The number of benzene rings is 1. The Morgan fingerprint density at radius 3 is 2.75 bits per heavy atom. The van der Waals surface area contributed by atoms with Crippen molar-refractivity contribution in [3.05, 3.63) is 57.8 Å². The summed E-state index contributed by atoms with van der Waals surface area (Å²) in [6, 6.07) is 10.4. The van der Waals surface area contributed by atoms with Crippen LogP contribution in [0.1, 0.15) is 5.69 Å². The Bertz CT molecular complexity index is 693. The summed E-state index contributed by atoms with van der Waals surface area (Å²) in [5, 5.41) is 0.356. The SMILES string of the molecule is O=S(=O)(CCc1ccccn1)Nc1cc(Br)ccc1Cl. The largest absolute Gasteiger partial charge is 0.282 e. The second-order valence-electron chi connectivity index (χ2n) is 4.12. The highest BCUT2D eigenvalue weighted by Crippen LogP contribution is 2.26. The number of rotatable bonds is 5. The zero-order valence-electron chi connectivity index (χ0n) is 10.4. The Kier molecular flexibility index (Phi) is 5.01. The van der Waals surface area contributed by atoms with Gasteiger partial charge in [0.1, 0.15) is 0 Å². The van der Waals surface area contributed by atoms with Gasteiger partial charge in [-0.05, 0) is 30.3 Å². The van der Waals surface area contributed by atoms with E-state index in [1.807, 2.05) is 6.07 Å². The predicted molar refractivity (Wildman–Crippen MR) is 84.5 cm³/mol. The van der Waals surface area contributed by atoms with E-state index in [9.17, 15) is 8.42 Å². The maximum Gasteiger partial charge on any atom is 0.233 e. The molecule has 1 aromatic heterocycles. The van der Waals surface area contributed by atoms with E-state index in [-0.39, 0.29) is 5.75 Å². The highest BCUT2D eigenvalue weighted by Gasteiger charge is 2.13. The highest BCUT2D eigenvalue weighted by atomic mass is 79.9. The van der Waals surface area contributed by atoms with Crippen LogP contribution in [0.3, 0.4) is 0 Å². The molecule has 0 saturated heterocycles. The van der Waals surface area contributed by atoms with Crippen LogP contribution in [0.15, 0.2) is 47.1 Å². The Morgan fingerprint density at radius 1 is 1.25 bits per heavy atom. The van der Waals surface area contributed by atoms with Gasteiger partial charge in [-0.3, -0.25) is 9.71 Å². The number of aryl methyl sites for hydroxylation is 1. The molecule has 0 aliphatic heterocycles. The molecule has 0 fully saturated rings. The number of pyridine rings is 1. The summed E-state index contributed by atoms with van der Waals surface area (Å²) >= 11 is 9.24. The topological polar surface area (TPSA) is 59.1 Å². The molecule has 0 aliphatic carbocycles. The molecule has 2 aromatic rings. The van der Waals surface area contributed by atoms with Gasteiger partial charge in [0.2, 0.25) is 10.0 Å². The molecular weight excluding hydrogens is 364 g/mol. The van der Waals surface area contributed by atoms with Crippen molar-refractivity contribution in [2.45, 2.75) is 6.42 Å². The summed E-state index contributed by atoms with van der Waals surface area (Å²) in [6.07, 6.45) is 1.99. The first kappa shape index (κ1) is 15.3. The van der Waals surface area contributed by atoms with E-state index in [0.29, 0.717) is 17.1 Å². The molecule has 7 heteroatoms. The third-order valence-corrected chi connectivity index (χ3v) is 4.64. The van der Waals surface area contributed by atoms with Crippen LogP contribution in [-0.4, -0.2) is 19.2 Å². The summed E-state index contributed by atoms with van der Waals surface area (Å²) in [4.78, 5) is 4.09. The zero-order valence-corrected chi connectivity index (χ0v) is 13.5. The van der Waals surface area contributed by atoms with Crippen LogP contribution < -0.4 is 4.72 Å². The van der Waals surface area contributed by atoms with Crippen molar-refractivity contribution in [3.8, 4) is 0 Å². The van der Waals surface area contributed by atoms with Crippen molar-refractivity contribution in [3.63, 3.8) is 0 Å². The normalized spacial score (nSPS) is 11.3. The van der Waals surface area contributed by atoms with E-state index in [4.69, 9.17) is 11.6 Å².